The van der Waals surface area contributed by atoms with Gasteiger partial charge in [0.05, 0.1) is 11.6 Å². The van der Waals surface area contributed by atoms with Crippen LogP contribution in [0.25, 0.3) is 22.5 Å². The molecule has 0 aliphatic rings. The van der Waals surface area contributed by atoms with Crippen molar-refractivity contribution in [1.82, 2.24) is 0 Å². The molecule has 164 valence electrons. The van der Waals surface area contributed by atoms with Crippen LogP contribution < -0.4 is 20.4 Å². The second kappa shape index (κ2) is 8.63. The average Bonchev–Trinajstić information content (AvgIpc) is 3.28. The Kier molecular flexibility index (Phi) is 5.73. The van der Waals surface area contributed by atoms with Crippen LogP contribution in [0.5, 0.6) is 5.75 Å². The number of hydrogen-bond acceptors (Lipinski definition) is 6. The van der Waals surface area contributed by atoms with Gasteiger partial charge in [-0.1, -0.05) is 6.07 Å². The zero-order valence-corrected chi connectivity index (χ0v) is 18.4. The van der Waals surface area contributed by atoms with E-state index in [9.17, 15) is 9.59 Å². The van der Waals surface area contributed by atoms with Gasteiger partial charge < -0.3 is 23.8 Å². The number of rotatable bonds is 6. The predicted molar refractivity (Wildman–Crippen MR) is 125 cm³/mol. The van der Waals surface area contributed by atoms with Crippen molar-refractivity contribution >= 4 is 28.3 Å². The molecule has 7 heteroatoms. The molecule has 0 unspecified atom stereocenters. The Bertz CT molecular complexity index is 1320. The number of nitrogens with one attached hydrogen (secondary N) is 1. The lowest BCUT2D eigenvalue weighted by Crippen LogP contribution is -2.22. The predicted octanol–water partition coefficient (Wildman–Crippen LogP) is 4.75. The first-order chi connectivity index (χ1) is 15.3. The van der Waals surface area contributed by atoms with Crippen LogP contribution >= 0.6 is 0 Å². The molecular weight excluding hydrogens is 408 g/mol. The molecule has 4 aromatic rings. The first-order valence-electron chi connectivity index (χ1n) is 10.2. The van der Waals surface area contributed by atoms with Crippen molar-refractivity contribution in [1.29, 1.82) is 0 Å². The third kappa shape index (κ3) is 4.23. The summed E-state index contributed by atoms with van der Waals surface area (Å²) < 4.78 is 17.2. The van der Waals surface area contributed by atoms with Crippen LogP contribution in [0, 0.1) is 13.8 Å². The van der Waals surface area contributed by atoms with E-state index < -0.39 is 5.91 Å². The molecular formula is C25H24N2O5. The fraction of sp³-hybridized carbons (Fsp3) is 0.200. The Hall–Kier alpha value is -4.00. The van der Waals surface area contributed by atoms with Gasteiger partial charge in [-0.2, -0.15) is 0 Å². The third-order valence-corrected chi connectivity index (χ3v) is 5.04. The van der Waals surface area contributed by atoms with Crippen molar-refractivity contribution in [2.45, 2.75) is 13.8 Å². The van der Waals surface area contributed by atoms with Gasteiger partial charge in [0.15, 0.2) is 12.4 Å². The molecule has 32 heavy (non-hydrogen) atoms. The van der Waals surface area contributed by atoms with Crippen LogP contribution in [-0.2, 0) is 4.79 Å². The second-order valence-electron chi connectivity index (χ2n) is 7.80. The van der Waals surface area contributed by atoms with E-state index in [-0.39, 0.29) is 23.5 Å². The van der Waals surface area contributed by atoms with Crippen LogP contribution in [0.3, 0.4) is 0 Å². The molecule has 0 aliphatic heterocycles. The number of fused-ring (bicyclic) bond motifs is 1. The van der Waals surface area contributed by atoms with E-state index in [1.807, 2.05) is 51.0 Å². The number of amides is 1. The van der Waals surface area contributed by atoms with Crippen molar-refractivity contribution in [3.63, 3.8) is 0 Å². The second-order valence-corrected chi connectivity index (χ2v) is 7.80. The number of aryl methyl sites for hydroxylation is 2. The SMILES string of the molecule is Cc1cc(C)c2oc(-c3ccco3)c(OCC(=O)Nc3ccc(N(C)C)cc3)c(=O)c2c1. The maximum absolute atomic E-state index is 13.3. The maximum atomic E-state index is 13.3. The lowest BCUT2D eigenvalue weighted by Gasteiger charge is -2.14. The topological polar surface area (TPSA) is 84.9 Å². The normalized spacial score (nSPS) is 10.9. The highest BCUT2D eigenvalue weighted by molar-refractivity contribution is 5.92. The van der Waals surface area contributed by atoms with Gasteiger partial charge in [-0.3, -0.25) is 9.59 Å². The van der Waals surface area contributed by atoms with Gasteiger partial charge >= 0.3 is 0 Å². The Morgan fingerprint density at radius 2 is 1.84 bits per heavy atom. The van der Waals surface area contributed by atoms with E-state index in [0.29, 0.717) is 22.4 Å². The minimum absolute atomic E-state index is 0.0597. The van der Waals surface area contributed by atoms with Crippen LogP contribution in [0.4, 0.5) is 11.4 Å². The molecule has 2 heterocycles. The van der Waals surface area contributed by atoms with Gasteiger partial charge in [0, 0.05) is 25.5 Å². The van der Waals surface area contributed by atoms with E-state index in [1.165, 1.54) is 6.26 Å². The van der Waals surface area contributed by atoms with E-state index in [2.05, 4.69) is 5.32 Å². The number of carbonyl (C=O) groups excluding carboxylic acids is 1. The number of nitrogens with zero attached hydrogens (tertiary/aromatic N) is 1. The number of carbonyl (C=O) groups is 1. The molecule has 0 saturated heterocycles. The molecule has 0 atom stereocenters. The quantitative estimate of drug-likeness (QED) is 0.473. The summed E-state index contributed by atoms with van der Waals surface area (Å²) in [4.78, 5) is 27.7. The fourth-order valence-electron chi connectivity index (χ4n) is 3.51. The third-order valence-electron chi connectivity index (χ3n) is 5.04. The van der Waals surface area contributed by atoms with Gasteiger partial charge in [-0.25, -0.2) is 0 Å². The molecule has 1 N–H and O–H groups in total. The van der Waals surface area contributed by atoms with E-state index in [1.54, 1.807) is 30.3 Å². The lowest BCUT2D eigenvalue weighted by molar-refractivity contribution is -0.118. The summed E-state index contributed by atoms with van der Waals surface area (Å²) in [5.41, 5.74) is 3.51. The first kappa shape index (κ1) is 21.2. The zero-order valence-electron chi connectivity index (χ0n) is 18.4. The van der Waals surface area contributed by atoms with Gasteiger partial charge in [0.2, 0.25) is 16.9 Å². The average molecular weight is 432 g/mol. The van der Waals surface area contributed by atoms with Gasteiger partial charge in [-0.05, 0) is 67.4 Å². The molecule has 2 aromatic heterocycles. The summed E-state index contributed by atoms with van der Waals surface area (Å²) in [6.45, 7) is 3.42. The van der Waals surface area contributed by atoms with Crippen molar-refractivity contribution in [3.8, 4) is 17.3 Å². The summed E-state index contributed by atoms with van der Waals surface area (Å²) in [6.07, 6.45) is 1.48. The van der Waals surface area contributed by atoms with Gasteiger partial charge in [-0.15, -0.1) is 0 Å². The highest BCUT2D eigenvalue weighted by atomic mass is 16.5. The highest BCUT2D eigenvalue weighted by Crippen LogP contribution is 2.32. The molecule has 1 amide bonds. The number of furan rings is 1. The molecule has 0 saturated carbocycles. The molecule has 0 aliphatic carbocycles. The van der Waals surface area contributed by atoms with Crippen molar-refractivity contribution in [2.75, 3.05) is 30.9 Å². The number of anilines is 2. The number of ether oxygens (including phenoxy) is 1. The first-order valence-corrected chi connectivity index (χ1v) is 10.2. The maximum Gasteiger partial charge on any atom is 0.262 e. The van der Waals surface area contributed by atoms with Crippen molar-refractivity contribution in [3.05, 3.63) is 76.1 Å². The lowest BCUT2D eigenvalue weighted by atomic mass is 10.1. The standard InChI is InChI=1S/C25H24N2O5/c1-15-12-16(2)23-19(13-15)22(29)25(24(32-23)20-6-5-11-30-20)31-14-21(28)26-17-7-9-18(10-8-17)27(3)4/h5-13H,14H2,1-4H3,(H,26,28). The summed E-state index contributed by atoms with van der Waals surface area (Å²) in [6, 6.07) is 14.4. The van der Waals surface area contributed by atoms with E-state index in [4.69, 9.17) is 13.6 Å². The van der Waals surface area contributed by atoms with Crippen LogP contribution in [0.2, 0.25) is 0 Å². The Balaban J connectivity index is 1.63. The minimum atomic E-state index is -0.395. The summed E-state index contributed by atoms with van der Waals surface area (Å²) in [5.74, 6) is 0.0460. The molecule has 0 fully saturated rings. The van der Waals surface area contributed by atoms with Crippen LogP contribution in [0.1, 0.15) is 11.1 Å². The fourth-order valence-corrected chi connectivity index (χ4v) is 3.51. The molecule has 2 aromatic carbocycles. The van der Waals surface area contributed by atoms with Crippen LogP contribution in [0.15, 0.2) is 68.4 Å². The van der Waals surface area contributed by atoms with Crippen LogP contribution in [-0.4, -0.2) is 26.6 Å². The van der Waals surface area contributed by atoms with E-state index in [0.717, 1.165) is 16.8 Å². The van der Waals surface area contributed by atoms with Crippen molar-refractivity contribution in [2.24, 2.45) is 0 Å². The molecule has 0 bridgehead atoms. The molecule has 0 spiro atoms. The molecule has 4 rings (SSSR count). The Morgan fingerprint density at radius 3 is 2.50 bits per heavy atom. The molecule has 0 radical (unpaired) electrons. The number of hydrogen-bond donors (Lipinski definition) is 1. The Morgan fingerprint density at radius 1 is 1.09 bits per heavy atom. The highest BCUT2D eigenvalue weighted by Gasteiger charge is 2.21. The largest absolute Gasteiger partial charge is 0.476 e. The summed E-state index contributed by atoms with van der Waals surface area (Å²) in [7, 11) is 3.88. The van der Waals surface area contributed by atoms with Crippen molar-refractivity contribution < 1.29 is 18.4 Å². The number of benzene rings is 2. The van der Waals surface area contributed by atoms with Gasteiger partial charge in [0.25, 0.3) is 5.91 Å². The molecule has 7 nitrogen and oxygen atoms in total. The minimum Gasteiger partial charge on any atom is -0.476 e. The summed E-state index contributed by atoms with van der Waals surface area (Å²) in [5, 5.41) is 3.16. The summed E-state index contributed by atoms with van der Waals surface area (Å²) >= 11 is 0. The monoisotopic (exact) mass is 432 g/mol. The smallest absolute Gasteiger partial charge is 0.262 e. The van der Waals surface area contributed by atoms with E-state index >= 15 is 0 Å². The zero-order chi connectivity index (χ0) is 22.8. The Labute approximate surface area is 185 Å². The van der Waals surface area contributed by atoms with Gasteiger partial charge in [0.1, 0.15) is 5.58 Å².